The van der Waals surface area contributed by atoms with Gasteiger partial charge in [0.05, 0.1) is 5.56 Å². The molecule has 5 nitrogen and oxygen atoms in total. The number of amidine groups is 1. The molecule has 2 fully saturated rings. The topological polar surface area (TPSA) is 69.2 Å². The standard InChI is InChI=1S/C14H21N5/c1-18-10-4-5-11(18)9-19(8-6-10)14-12(13(15)16)3-2-7-17-14/h2-3,7,10-11H,4-6,8-9H2,1H3,(H3,15,16). The zero-order valence-electron chi connectivity index (χ0n) is 11.3. The minimum Gasteiger partial charge on any atom is -0.384 e. The van der Waals surface area contributed by atoms with Gasteiger partial charge in [-0.05, 0) is 38.4 Å². The Bertz CT molecular complexity index is 486. The fraction of sp³-hybridized carbons (Fsp3) is 0.571. The van der Waals surface area contributed by atoms with Crippen molar-refractivity contribution < 1.29 is 0 Å². The first kappa shape index (κ1) is 12.4. The summed E-state index contributed by atoms with van der Waals surface area (Å²) in [5.41, 5.74) is 6.42. The molecule has 2 unspecified atom stereocenters. The van der Waals surface area contributed by atoms with Crippen molar-refractivity contribution in [3.05, 3.63) is 23.9 Å². The number of nitrogens with two attached hydrogens (primary N) is 1. The lowest BCUT2D eigenvalue weighted by Gasteiger charge is -2.28. The predicted octanol–water partition coefficient (Wildman–Crippen LogP) is 1.04. The van der Waals surface area contributed by atoms with Crippen molar-refractivity contribution in [2.45, 2.75) is 31.3 Å². The van der Waals surface area contributed by atoms with Gasteiger partial charge in [0.2, 0.25) is 0 Å². The number of rotatable bonds is 2. The molecule has 0 radical (unpaired) electrons. The van der Waals surface area contributed by atoms with Crippen LogP contribution in [0.3, 0.4) is 0 Å². The van der Waals surface area contributed by atoms with Gasteiger partial charge >= 0.3 is 0 Å². The van der Waals surface area contributed by atoms with Crippen LogP contribution in [0, 0.1) is 5.41 Å². The molecule has 2 saturated heterocycles. The number of hydrogen-bond acceptors (Lipinski definition) is 4. The molecule has 3 N–H and O–H groups in total. The molecule has 2 aliphatic rings. The quantitative estimate of drug-likeness (QED) is 0.615. The highest BCUT2D eigenvalue weighted by molar-refractivity contribution is 5.99. The number of nitrogen functional groups attached to an aromatic ring is 1. The molecular weight excluding hydrogens is 238 g/mol. The fourth-order valence-corrected chi connectivity index (χ4v) is 3.36. The van der Waals surface area contributed by atoms with Crippen molar-refractivity contribution in [1.29, 1.82) is 5.41 Å². The second-order valence-electron chi connectivity index (χ2n) is 5.57. The van der Waals surface area contributed by atoms with Crippen LogP contribution in [0.2, 0.25) is 0 Å². The van der Waals surface area contributed by atoms with Crippen LogP contribution in [0.5, 0.6) is 0 Å². The highest BCUT2D eigenvalue weighted by Crippen LogP contribution is 2.30. The van der Waals surface area contributed by atoms with E-state index in [1.54, 1.807) is 6.20 Å². The fourth-order valence-electron chi connectivity index (χ4n) is 3.36. The van der Waals surface area contributed by atoms with Crippen molar-refractivity contribution in [2.75, 3.05) is 25.0 Å². The first-order chi connectivity index (χ1) is 9.16. The number of likely N-dealkylation sites (N-methyl/N-ethyl adjacent to an activating group) is 1. The van der Waals surface area contributed by atoms with Crippen molar-refractivity contribution >= 4 is 11.7 Å². The minimum atomic E-state index is 0.103. The van der Waals surface area contributed by atoms with Gasteiger partial charge in [0.15, 0.2) is 0 Å². The van der Waals surface area contributed by atoms with E-state index in [-0.39, 0.29) is 5.84 Å². The Morgan fingerprint density at radius 2 is 2.16 bits per heavy atom. The molecule has 1 aromatic rings. The molecule has 5 heteroatoms. The normalized spacial score (nSPS) is 27.3. The summed E-state index contributed by atoms with van der Waals surface area (Å²) in [6.07, 6.45) is 5.53. The van der Waals surface area contributed by atoms with Gasteiger partial charge in [-0.25, -0.2) is 4.98 Å². The lowest BCUT2D eigenvalue weighted by molar-refractivity contribution is 0.254. The molecule has 2 aliphatic heterocycles. The monoisotopic (exact) mass is 259 g/mol. The Labute approximate surface area is 113 Å². The number of pyridine rings is 1. The van der Waals surface area contributed by atoms with Gasteiger partial charge < -0.3 is 10.6 Å². The van der Waals surface area contributed by atoms with Crippen LogP contribution in [0.15, 0.2) is 18.3 Å². The SMILES string of the molecule is CN1C2CCC1CN(c1ncccc1C(=N)N)CC2. The van der Waals surface area contributed by atoms with Crippen LogP contribution in [-0.4, -0.2) is 47.9 Å². The molecular formula is C14H21N5. The molecule has 1 aromatic heterocycles. The zero-order chi connectivity index (χ0) is 13.4. The Morgan fingerprint density at radius 1 is 1.37 bits per heavy atom. The maximum absolute atomic E-state index is 7.69. The molecule has 19 heavy (non-hydrogen) atoms. The van der Waals surface area contributed by atoms with Gasteiger partial charge in [-0.1, -0.05) is 0 Å². The van der Waals surface area contributed by atoms with Crippen LogP contribution < -0.4 is 10.6 Å². The van der Waals surface area contributed by atoms with Gasteiger partial charge in [-0.2, -0.15) is 0 Å². The highest BCUT2D eigenvalue weighted by atomic mass is 15.3. The number of aromatic nitrogens is 1. The summed E-state index contributed by atoms with van der Waals surface area (Å²) in [7, 11) is 2.23. The molecule has 102 valence electrons. The van der Waals surface area contributed by atoms with Gasteiger partial charge in [0.25, 0.3) is 0 Å². The minimum absolute atomic E-state index is 0.103. The van der Waals surface area contributed by atoms with Crippen molar-refractivity contribution in [2.24, 2.45) is 5.73 Å². The van der Waals surface area contributed by atoms with E-state index in [2.05, 4.69) is 21.8 Å². The first-order valence-electron chi connectivity index (χ1n) is 6.93. The maximum Gasteiger partial charge on any atom is 0.139 e. The predicted molar refractivity (Wildman–Crippen MR) is 76.7 cm³/mol. The molecule has 2 bridgehead atoms. The van der Waals surface area contributed by atoms with Crippen molar-refractivity contribution in [3.8, 4) is 0 Å². The Hall–Kier alpha value is -1.62. The molecule has 0 spiro atoms. The zero-order valence-corrected chi connectivity index (χ0v) is 11.3. The summed E-state index contributed by atoms with van der Waals surface area (Å²) in [6.45, 7) is 1.99. The lowest BCUT2D eigenvalue weighted by atomic mass is 10.1. The van der Waals surface area contributed by atoms with Crippen molar-refractivity contribution in [3.63, 3.8) is 0 Å². The van der Waals surface area contributed by atoms with Crippen molar-refractivity contribution in [1.82, 2.24) is 9.88 Å². The molecule has 2 atom stereocenters. The summed E-state index contributed by atoms with van der Waals surface area (Å²) >= 11 is 0. The Morgan fingerprint density at radius 3 is 2.95 bits per heavy atom. The lowest BCUT2D eigenvalue weighted by Crippen LogP contribution is -2.37. The average molecular weight is 259 g/mol. The van der Waals surface area contributed by atoms with Gasteiger partial charge in [0.1, 0.15) is 11.7 Å². The third-order valence-corrected chi connectivity index (χ3v) is 4.52. The number of nitrogens with one attached hydrogen (secondary N) is 1. The van der Waals surface area contributed by atoms with E-state index in [4.69, 9.17) is 11.1 Å². The smallest absolute Gasteiger partial charge is 0.139 e. The number of nitrogens with zero attached hydrogens (tertiary/aromatic N) is 3. The van der Waals surface area contributed by atoms with E-state index in [9.17, 15) is 0 Å². The van der Waals surface area contributed by atoms with E-state index in [1.165, 1.54) is 19.3 Å². The Kier molecular flexibility index (Phi) is 3.14. The molecule has 3 rings (SSSR count). The summed E-state index contributed by atoms with van der Waals surface area (Å²) in [5, 5.41) is 7.69. The number of hydrogen-bond donors (Lipinski definition) is 2. The van der Waals surface area contributed by atoms with Crippen LogP contribution >= 0.6 is 0 Å². The summed E-state index contributed by atoms with van der Waals surface area (Å²) in [6, 6.07) is 5.04. The summed E-state index contributed by atoms with van der Waals surface area (Å²) in [4.78, 5) is 9.27. The number of fused-ring (bicyclic) bond motifs is 2. The maximum atomic E-state index is 7.69. The molecule has 0 amide bonds. The summed E-state index contributed by atoms with van der Waals surface area (Å²) < 4.78 is 0. The third kappa shape index (κ3) is 2.18. The number of anilines is 1. The van der Waals surface area contributed by atoms with Gasteiger partial charge in [-0.3, -0.25) is 10.3 Å². The van der Waals surface area contributed by atoms with E-state index in [1.807, 2.05) is 12.1 Å². The van der Waals surface area contributed by atoms with Crippen LogP contribution in [0.4, 0.5) is 5.82 Å². The second kappa shape index (κ2) is 4.81. The van der Waals surface area contributed by atoms with E-state index in [0.717, 1.165) is 24.5 Å². The first-order valence-corrected chi connectivity index (χ1v) is 6.93. The molecule has 0 aromatic carbocycles. The van der Waals surface area contributed by atoms with Gasteiger partial charge in [0, 0.05) is 31.4 Å². The molecule has 0 saturated carbocycles. The molecule has 0 aliphatic carbocycles. The molecule has 3 heterocycles. The highest BCUT2D eigenvalue weighted by Gasteiger charge is 2.35. The second-order valence-corrected chi connectivity index (χ2v) is 5.57. The van der Waals surface area contributed by atoms with E-state index >= 15 is 0 Å². The van der Waals surface area contributed by atoms with E-state index < -0.39 is 0 Å². The van der Waals surface area contributed by atoms with Crippen LogP contribution in [-0.2, 0) is 0 Å². The van der Waals surface area contributed by atoms with Crippen LogP contribution in [0.1, 0.15) is 24.8 Å². The third-order valence-electron chi connectivity index (χ3n) is 4.52. The summed E-state index contributed by atoms with van der Waals surface area (Å²) in [5.74, 6) is 0.974. The van der Waals surface area contributed by atoms with Gasteiger partial charge in [-0.15, -0.1) is 0 Å². The van der Waals surface area contributed by atoms with E-state index in [0.29, 0.717) is 12.1 Å². The Balaban J connectivity index is 1.89. The van der Waals surface area contributed by atoms with Crippen LogP contribution in [0.25, 0.3) is 0 Å². The largest absolute Gasteiger partial charge is 0.384 e. The average Bonchev–Trinajstić information content (AvgIpc) is 2.63.